The number of piperidine rings is 1. The molecule has 2 N–H and O–H groups in total. The fraction of sp³-hybridized carbons (Fsp3) is 0.375. The van der Waals surface area contributed by atoms with Gasteiger partial charge in [-0.3, -0.25) is 9.48 Å². The summed E-state index contributed by atoms with van der Waals surface area (Å²) < 4.78 is 8.99. The zero-order chi connectivity index (χ0) is 23.1. The molecular weight excluding hydrogens is 418 g/mol. The second-order valence-corrected chi connectivity index (χ2v) is 8.61. The van der Waals surface area contributed by atoms with Crippen molar-refractivity contribution in [2.75, 3.05) is 37.5 Å². The molecule has 0 aliphatic carbocycles. The van der Waals surface area contributed by atoms with E-state index in [9.17, 15) is 4.79 Å². The smallest absolute Gasteiger partial charge is 0.259 e. The largest absolute Gasteiger partial charge is 0.494 e. The fourth-order valence-corrected chi connectivity index (χ4v) is 4.67. The normalized spacial score (nSPS) is 14.8. The SMILES string of the molecule is CNC1CCN(c2ccc(NC(=O)c3cc4cc(C)nn4cc3OC)c3nn(C)cc23)CC1. The Balaban J connectivity index is 1.47. The predicted octanol–water partition coefficient (Wildman–Crippen LogP) is 2.98. The van der Waals surface area contributed by atoms with Crippen LogP contribution in [-0.4, -0.2) is 58.6 Å². The van der Waals surface area contributed by atoms with Gasteiger partial charge in [-0.25, -0.2) is 4.52 Å². The van der Waals surface area contributed by atoms with E-state index in [1.54, 1.807) is 28.6 Å². The highest BCUT2D eigenvalue weighted by atomic mass is 16.5. The predicted molar refractivity (Wildman–Crippen MR) is 129 cm³/mol. The van der Waals surface area contributed by atoms with Gasteiger partial charge in [-0.05, 0) is 51.1 Å². The molecule has 9 nitrogen and oxygen atoms in total. The maximum atomic E-state index is 13.3. The number of amides is 1. The van der Waals surface area contributed by atoms with E-state index in [0.29, 0.717) is 23.0 Å². The lowest BCUT2D eigenvalue weighted by Crippen LogP contribution is -2.41. The quantitative estimate of drug-likeness (QED) is 0.489. The molecule has 0 saturated carbocycles. The Morgan fingerprint density at radius 3 is 2.67 bits per heavy atom. The van der Waals surface area contributed by atoms with Gasteiger partial charge >= 0.3 is 0 Å². The molecule has 1 saturated heterocycles. The maximum Gasteiger partial charge on any atom is 0.259 e. The van der Waals surface area contributed by atoms with Crippen molar-refractivity contribution in [3.63, 3.8) is 0 Å². The fourth-order valence-electron chi connectivity index (χ4n) is 4.67. The Hall–Kier alpha value is -3.59. The minimum atomic E-state index is -0.247. The number of pyridine rings is 1. The number of aryl methyl sites for hydroxylation is 2. The molecular formula is C24H29N7O2. The number of carbonyl (C=O) groups is 1. The second kappa shape index (κ2) is 8.40. The number of methoxy groups -OCH3 is 1. The van der Waals surface area contributed by atoms with Crippen molar-refractivity contribution in [2.24, 2.45) is 7.05 Å². The molecule has 33 heavy (non-hydrogen) atoms. The number of benzene rings is 1. The number of hydrogen-bond donors (Lipinski definition) is 2. The van der Waals surface area contributed by atoms with Gasteiger partial charge in [0.15, 0.2) is 0 Å². The highest BCUT2D eigenvalue weighted by Crippen LogP contribution is 2.33. The number of nitrogens with zero attached hydrogens (tertiary/aromatic N) is 5. The van der Waals surface area contributed by atoms with Gasteiger partial charge in [0.05, 0.1) is 35.8 Å². The molecule has 9 heteroatoms. The summed E-state index contributed by atoms with van der Waals surface area (Å²) in [6.07, 6.45) is 5.96. The van der Waals surface area contributed by atoms with Crippen LogP contribution in [0.3, 0.4) is 0 Å². The standard InChI is InChI=1S/C24H29N7O2/c1-15-11-17-12-18(22(33-4)14-31(17)27-15)24(32)26-20-5-6-21(19-13-29(3)28-23(19)20)30-9-7-16(25-2)8-10-30/h5-6,11-14,16,25H,7-10H2,1-4H3,(H,26,32). The summed E-state index contributed by atoms with van der Waals surface area (Å²) in [5.74, 6) is 0.215. The van der Waals surface area contributed by atoms with Crippen molar-refractivity contribution in [1.82, 2.24) is 24.7 Å². The van der Waals surface area contributed by atoms with Gasteiger partial charge in [-0.15, -0.1) is 0 Å². The number of fused-ring (bicyclic) bond motifs is 2. The van der Waals surface area contributed by atoms with Crippen molar-refractivity contribution in [3.8, 4) is 5.75 Å². The molecule has 0 spiro atoms. The third-order valence-corrected chi connectivity index (χ3v) is 6.41. The average Bonchev–Trinajstić information content (AvgIpc) is 3.39. The summed E-state index contributed by atoms with van der Waals surface area (Å²) in [5.41, 5.74) is 4.77. The number of nitrogens with one attached hydrogen (secondary N) is 2. The summed E-state index contributed by atoms with van der Waals surface area (Å²) >= 11 is 0. The molecule has 4 aromatic rings. The van der Waals surface area contributed by atoms with Gasteiger partial charge in [0.25, 0.3) is 5.91 Å². The van der Waals surface area contributed by atoms with Crippen LogP contribution in [0.25, 0.3) is 16.4 Å². The van der Waals surface area contributed by atoms with Crippen molar-refractivity contribution >= 4 is 33.7 Å². The molecule has 0 unspecified atom stereocenters. The first kappa shape index (κ1) is 21.3. The number of aromatic nitrogens is 4. The van der Waals surface area contributed by atoms with Gasteiger partial charge in [0, 0.05) is 43.4 Å². The van der Waals surface area contributed by atoms with E-state index in [0.717, 1.165) is 53.7 Å². The van der Waals surface area contributed by atoms with Crippen LogP contribution in [-0.2, 0) is 7.05 Å². The van der Waals surface area contributed by atoms with Gasteiger partial charge in [-0.1, -0.05) is 0 Å². The molecule has 1 aromatic carbocycles. The van der Waals surface area contributed by atoms with Crippen LogP contribution in [0, 0.1) is 6.92 Å². The van der Waals surface area contributed by atoms with E-state index in [-0.39, 0.29) is 5.91 Å². The highest BCUT2D eigenvalue weighted by molar-refractivity contribution is 6.11. The van der Waals surface area contributed by atoms with E-state index >= 15 is 0 Å². The first-order valence-corrected chi connectivity index (χ1v) is 11.2. The number of rotatable bonds is 5. The topological polar surface area (TPSA) is 88.7 Å². The van der Waals surface area contributed by atoms with E-state index in [1.165, 1.54) is 0 Å². The van der Waals surface area contributed by atoms with Crippen molar-refractivity contribution in [3.05, 3.63) is 47.9 Å². The maximum absolute atomic E-state index is 13.3. The highest BCUT2D eigenvalue weighted by Gasteiger charge is 2.22. The summed E-state index contributed by atoms with van der Waals surface area (Å²) in [6.45, 7) is 3.90. The van der Waals surface area contributed by atoms with E-state index in [4.69, 9.17) is 4.74 Å². The zero-order valence-corrected chi connectivity index (χ0v) is 19.4. The molecule has 1 aliphatic heterocycles. The van der Waals surface area contributed by atoms with Gasteiger partial charge in [0.1, 0.15) is 11.3 Å². The van der Waals surface area contributed by atoms with Crippen LogP contribution in [0.15, 0.2) is 36.7 Å². The third kappa shape index (κ3) is 3.89. The molecule has 0 bridgehead atoms. The Morgan fingerprint density at radius 1 is 1.15 bits per heavy atom. The Morgan fingerprint density at radius 2 is 1.94 bits per heavy atom. The van der Waals surface area contributed by atoms with Crippen molar-refractivity contribution in [2.45, 2.75) is 25.8 Å². The van der Waals surface area contributed by atoms with Crippen LogP contribution in [0.4, 0.5) is 11.4 Å². The molecule has 0 atom stereocenters. The summed E-state index contributed by atoms with van der Waals surface area (Å²) in [7, 11) is 5.48. The number of ether oxygens (including phenoxy) is 1. The first-order chi connectivity index (χ1) is 16.0. The van der Waals surface area contributed by atoms with Gasteiger partial charge < -0.3 is 20.3 Å². The minimum absolute atomic E-state index is 0.247. The van der Waals surface area contributed by atoms with Crippen molar-refractivity contribution in [1.29, 1.82) is 0 Å². The molecule has 172 valence electrons. The van der Waals surface area contributed by atoms with Crippen LogP contribution < -0.4 is 20.3 Å². The molecule has 1 amide bonds. The molecule has 1 aliphatic rings. The summed E-state index contributed by atoms with van der Waals surface area (Å²) in [5, 5.41) is 16.5. The van der Waals surface area contributed by atoms with Crippen LogP contribution in [0.1, 0.15) is 28.9 Å². The lowest BCUT2D eigenvalue weighted by molar-refractivity contribution is 0.102. The first-order valence-electron chi connectivity index (χ1n) is 11.2. The number of carbonyl (C=O) groups excluding carboxylic acids is 1. The second-order valence-electron chi connectivity index (χ2n) is 8.61. The van der Waals surface area contributed by atoms with E-state index in [1.807, 2.05) is 39.3 Å². The lowest BCUT2D eigenvalue weighted by atomic mass is 10.0. The lowest BCUT2D eigenvalue weighted by Gasteiger charge is -2.34. The molecule has 5 rings (SSSR count). The third-order valence-electron chi connectivity index (χ3n) is 6.41. The molecule has 0 radical (unpaired) electrons. The molecule has 4 heterocycles. The van der Waals surface area contributed by atoms with E-state index in [2.05, 4.69) is 31.8 Å². The monoisotopic (exact) mass is 447 g/mol. The molecule has 3 aromatic heterocycles. The summed E-state index contributed by atoms with van der Waals surface area (Å²) in [6, 6.07) is 8.32. The van der Waals surface area contributed by atoms with Gasteiger partial charge in [0.2, 0.25) is 0 Å². The van der Waals surface area contributed by atoms with Crippen LogP contribution in [0.5, 0.6) is 5.75 Å². The number of anilines is 2. The Labute approximate surface area is 192 Å². The van der Waals surface area contributed by atoms with Crippen molar-refractivity contribution < 1.29 is 9.53 Å². The average molecular weight is 448 g/mol. The zero-order valence-electron chi connectivity index (χ0n) is 19.4. The Bertz CT molecular complexity index is 1330. The van der Waals surface area contributed by atoms with E-state index < -0.39 is 0 Å². The molecule has 1 fully saturated rings. The van der Waals surface area contributed by atoms with Crippen LogP contribution >= 0.6 is 0 Å². The van der Waals surface area contributed by atoms with Gasteiger partial charge in [-0.2, -0.15) is 10.2 Å². The minimum Gasteiger partial charge on any atom is -0.494 e. The number of hydrogen-bond acceptors (Lipinski definition) is 6. The Kier molecular flexibility index (Phi) is 5.41. The van der Waals surface area contributed by atoms with Crippen LogP contribution in [0.2, 0.25) is 0 Å². The summed E-state index contributed by atoms with van der Waals surface area (Å²) in [4.78, 5) is 15.7.